The molecule has 2 aromatic carbocycles. The molecule has 0 saturated carbocycles. The van der Waals surface area contributed by atoms with Crippen LogP contribution in [0.3, 0.4) is 0 Å². The van der Waals surface area contributed by atoms with E-state index in [4.69, 9.17) is 0 Å². The first-order chi connectivity index (χ1) is 10.2. The SMILES string of the molecule is Cc1cccc(C(=O)NCC2NCCc3ccccc32)c1.Cl. The molecule has 0 bridgehead atoms. The summed E-state index contributed by atoms with van der Waals surface area (Å²) in [5.74, 6) is -0.0106. The van der Waals surface area contributed by atoms with E-state index in [0.29, 0.717) is 6.54 Å². The lowest BCUT2D eigenvalue weighted by molar-refractivity contribution is 0.0949. The van der Waals surface area contributed by atoms with E-state index in [1.807, 2.05) is 31.2 Å². The first kappa shape index (κ1) is 16.5. The second-order valence-corrected chi connectivity index (χ2v) is 5.54. The molecule has 3 nitrogen and oxygen atoms in total. The van der Waals surface area contributed by atoms with Gasteiger partial charge in [-0.2, -0.15) is 0 Å². The zero-order chi connectivity index (χ0) is 14.7. The summed E-state index contributed by atoms with van der Waals surface area (Å²) in [6, 6.07) is 16.3. The Morgan fingerprint density at radius 1 is 1.23 bits per heavy atom. The van der Waals surface area contributed by atoms with E-state index in [9.17, 15) is 4.79 Å². The number of benzene rings is 2. The van der Waals surface area contributed by atoms with Crippen molar-refractivity contribution in [1.29, 1.82) is 0 Å². The Morgan fingerprint density at radius 3 is 2.86 bits per heavy atom. The fourth-order valence-corrected chi connectivity index (χ4v) is 2.86. The largest absolute Gasteiger partial charge is 0.350 e. The second-order valence-electron chi connectivity index (χ2n) is 5.54. The summed E-state index contributed by atoms with van der Waals surface area (Å²) in [6.45, 7) is 3.57. The normalized spacial score (nSPS) is 16.3. The maximum Gasteiger partial charge on any atom is 0.251 e. The summed E-state index contributed by atoms with van der Waals surface area (Å²) < 4.78 is 0. The maximum absolute atomic E-state index is 12.2. The van der Waals surface area contributed by atoms with Gasteiger partial charge in [0.25, 0.3) is 5.91 Å². The number of hydrogen-bond donors (Lipinski definition) is 2. The first-order valence-electron chi connectivity index (χ1n) is 7.40. The Balaban J connectivity index is 0.00000176. The van der Waals surface area contributed by atoms with E-state index >= 15 is 0 Å². The van der Waals surface area contributed by atoms with Gasteiger partial charge in [-0.25, -0.2) is 0 Å². The predicted octanol–water partition coefficient (Wildman–Crippen LogP) is 3.03. The van der Waals surface area contributed by atoms with E-state index in [1.165, 1.54) is 11.1 Å². The Kier molecular flexibility index (Phi) is 5.58. The monoisotopic (exact) mass is 316 g/mol. The van der Waals surface area contributed by atoms with Gasteiger partial charge in [-0.3, -0.25) is 4.79 Å². The van der Waals surface area contributed by atoms with Crippen LogP contribution >= 0.6 is 12.4 Å². The molecular formula is C18H21ClN2O. The van der Waals surface area contributed by atoms with Gasteiger partial charge in [-0.1, -0.05) is 42.0 Å². The Morgan fingerprint density at radius 2 is 2.05 bits per heavy atom. The van der Waals surface area contributed by atoms with Gasteiger partial charge in [0.2, 0.25) is 0 Å². The van der Waals surface area contributed by atoms with E-state index in [0.717, 1.165) is 24.1 Å². The van der Waals surface area contributed by atoms with Crippen LogP contribution < -0.4 is 10.6 Å². The van der Waals surface area contributed by atoms with Gasteiger partial charge in [0.15, 0.2) is 0 Å². The molecule has 0 aromatic heterocycles. The summed E-state index contributed by atoms with van der Waals surface area (Å²) >= 11 is 0. The summed E-state index contributed by atoms with van der Waals surface area (Å²) in [7, 11) is 0. The third-order valence-corrected chi connectivity index (χ3v) is 3.96. The highest BCUT2D eigenvalue weighted by atomic mass is 35.5. The van der Waals surface area contributed by atoms with E-state index in [1.54, 1.807) is 0 Å². The zero-order valence-corrected chi connectivity index (χ0v) is 13.5. The number of hydrogen-bond acceptors (Lipinski definition) is 2. The molecule has 0 radical (unpaired) electrons. The second kappa shape index (κ2) is 7.43. The van der Waals surface area contributed by atoms with E-state index < -0.39 is 0 Å². The predicted molar refractivity (Wildman–Crippen MR) is 91.6 cm³/mol. The molecular weight excluding hydrogens is 296 g/mol. The molecule has 1 atom stereocenters. The molecule has 1 amide bonds. The lowest BCUT2D eigenvalue weighted by Crippen LogP contribution is -2.38. The quantitative estimate of drug-likeness (QED) is 0.914. The number of rotatable bonds is 3. The highest BCUT2D eigenvalue weighted by molar-refractivity contribution is 5.94. The van der Waals surface area contributed by atoms with Crippen LogP contribution in [0.2, 0.25) is 0 Å². The molecule has 2 aromatic rings. The molecule has 0 fully saturated rings. The van der Waals surface area contributed by atoms with Gasteiger partial charge < -0.3 is 10.6 Å². The van der Waals surface area contributed by atoms with Crippen molar-refractivity contribution in [2.24, 2.45) is 0 Å². The lowest BCUT2D eigenvalue weighted by atomic mass is 9.94. The van der Waals surface area contributed by atoms with Gasteiger partial charge in [0.05, 0.1) is 0 Å². The number of nitrogens with one attached hydrogen (secondary N) is 2. The summed E-state index contributed by atoms with van der Waals surface area (Å²) in [5, 5.41) is 6.51. The summed E-state index contributed by atoms with van der Waals surface area (Å²) in [6.07, 6.45) is 1.05. The topological polar surface area (TPSA) is 41.1 Å². The summed E-state index contributed by atoms with van der Waals surface area (Å²) in [5.41, 5.74) is 4.50. The van der Waals surface area contributed by atoms with Gasteiger partial charge in [0, 0.05) is 18.2 Å². The lowest BCUT2D eigenvalue weighted by Gasteiger charge is -2.27. The fraction of sp³-hybridized carbons (Fsp3) is 0.278. The van der Waals surface area contributed by atoms with Crippen molar-refractivity contribution in [1.82, 2.24) is 10.6 Å². The minimum absolute atomic E-state index is 0. The standard InChI is InChI=1S/C18H20N2O.ClH/c1-13-5-4-7-15(11-13)18(21)20-12-17-16-8-3-2-6-14(16)9-10-19-17;/h2-8,11,17,19H,9-10,12H2,1H3,(H,20,21);1H. The highest BCUT2D eigenvalue weighted by Gasteiger charge is 2.19. The van der Waals surface area contributed by atoms with Crippen LogP contribution in [0.5, 0.6) is 0 Å². The number of amides is 1. The van der Waals surface area contributed by atoms with Crippen LogP contribution in [0, 0.1) is 6.92 Å². The molecule has 1 aliphatic rings. The molecule has 4 heteroatoms. The van der Waals surface area contributed by atoms with Crippen LogP contribution in [0.25, 0.3) is 0 Å². The molecule has 22 heavy (non-hydrogen) atoms. The highest BCUT2D eigenvalue weighted by Crippen LogP contribution is 2.21. The fourth-order valence-electron chi connectivity index (χ4n) is 2.86. The molecule has 116 valence electrons. The average molecular weight is 317 g/mol. The maximum atomic E-state index is 12.2. The van der Waals surface area contributed by atoms with Crippen LogP contribution in [0.15, 0.2) is 48.5 Å². The Bertz CT molecular complexity index is 657. The van der Waals surface area contributed by atoms with Crippen molar-refractivity contribution in [3.05, 3.63) is 70.8 Å². The van der Waals surface area contributed by atoms with Crippen LogP contribution in [0.1, 0.15) is 33.1 Å². The smallest absolute Gasteiger partial charge is 0.251 e. The van der Waals surface area contributed by atoms with Crippen molar-refractivity contribution in [2.75, 3.05) is 13.1 Å². The van der Waals surface area contributed by atoms with Gasteiger partial charge >= 0.3 is 0 Å². The first-order valence-corrected chi connectivity index (χ1v) is 7.40. The number of aryl methyl sites for hydroxylation is 1. The van der Waals surface area contributed by atoms with Crippen LogP contribution in [-0.2, 0) is 6.42 Å². The van der Waals surface area contributed by atoms with Crippen LogP contribution in [0.4, 0.5) is 0 Å². The van der Waals surface area contributed by atoms with Gasteiger partial charge in [-0.15, -0.1) is 12.4 Å². The Labute approximate surface area is 137 Å². The summed E-state index contributed by atoms with van der Waals surface area (Å²) in [4.78, 5) is 12.2. The van der Waals surface area contributed by atoms with Gasteiger partial charge in [0.1, 0.15) is 0 Å². The van der Waals surface area contributed by atoms with E-state index in [-0.39, 0.29) is 24.4 Å². The van der Waals surface area contributed by atoms with Crippen molar-refractivity contribution in [3.8, 4) is 0 Å². The molecule has 1 aliphatic heterocycles. The molecule has 1 heterocycles. The molecule has 0 aliphatic carbocycles. The van der Waals surface area contributed by atoms with Crippen molar-refractivity contribution in [2.45, 2.75) is 19.4 Å². The third kappa shape index (κ3) is 3.67. The number of halogens is 1. The molecule has 2 N–H and O–H groups in total. The minimum Gasteiger partial charge on any atom is -0.350 e. The zero-order valence-electron chi connectivity index (χ0n) is 12.6. The number of carbonyl (C=O) groups is 1. The third-order valence-electron chi connectivity index (χ3n) is 3.96. The van der Waals surface area contributed by atoms with Crippen molar-refractivity contribution >= 4 is 18.3 Å². The van der Waals surface area contributed by atoms with Crippen LogP contribution in [-0.4, -0.2) is 19.0 Å². The molecule has 0 spiro atoms. The molecule has 1 unspecified atom stereocenters. The number of carbonyl (C=O) groups excluding carboxylic acids is 1. The van der Waals surface area contributed by atoms with Crippen molar-refractivity contribution in [3.63, 3.8) is 0 Å². The Hall–Kier alpha value is -1.84. The average Bonchev–Trinajstić information content (AvgIpc) is 2.52. The molecule has 0 saturated heterocycles. The van der Waals surface area contributed by atoms with Gasteiger partial charge in [-0.05, 0) is 43.1 Å². The number of fused-ring (bicyclic) bond motifs is 1. The molecule has 3 rings (SSSR count). The van der Waals surface area contributed by atoms with Crippen molar-refractivity contribution < 1.29 is 4.79 Å². The van der Waals surface area contributed by atoms with E-state index in [2.05, 4.69) is 34.9 Å². The minimum atomic E-state index is -0.0106.